The minimum absolute atomic E-state index is 0.0758. The second kappa shape index (κ2) is 3.76. The summed E-state index contributed by atoms with van der Waals surface area (Å²) in [6.07, 6.45) is 1.60. The minimum atomic E-state index is -0.697. The van der Waals surface area contributed by atoms with Crippen molar-refractivity contribution in [1.82, 2.24) is 9.97 Å². The fraction of sp³-hybridized carbons (Fsp3) is 0.111. The van der Waals surface area contributed by atoms with Gasteiger partial charge in [0.05, 0.1) is 7.11 Å². The third-order valence-corrected chi connectivity index (χ3v) is 2.71. The number of H-pyrrole nitrogens is 1. The molecule has 0 saturated carbocycles. The number of halogens is 2. The van der Waals surface area contributed by atoms with Gasteiger partial charge in [0.2, 0.25) is 0 Å². The normalized spacial score (nSPS) is 10.6. The molecule has 2 heterocycles. The van der Waals surface area contributed by atoms with Crippen molar-refractivity contribution in [2.75, 3.05) is 7.11 Å². The molecule has 0 atom stereocenters. The summed E-state index contributed by atoms with van der Waals surface area (Å²) in [5.41, 5.74) is 0.398. The molecule has 2 rings (SSSR count). The van der Waals surface area contributed by atoms with Crippen molar-refractivity contribution in [1.29, 1.82) is 0 Å². The summed E-state index contributed by atoms with van der Waals surface area (Å²) < 4.78 is 18.3. The fourth-order valence-electron chi connectivity index (χ4n) is 1.33. The van der Waals surface area contributed by atoms with Crippen LogP contribution in [0.3, 0.4) is 0 Å². The Labute approximate surface area is 98.0 Å². The number of hydrogen-bond acceptors (Lipinski definition) is 3. The van der Waals surface area contributed by atoms with E-state index in [0.717, 1.165) is 0 Å². The lowest BCUT2D eigenvalue weighted by molar-refractivity contribution is 0.0597. The minimum Gasteiger partial charge on any atom is -0.465 e. The Morgan fingerprint density at radius 3 is 3.07 bits per heavy atom. The average molecular weight is 320 g/mol. The van der Waals surface area contributed by atoms with E-state index in [4.69, 9.17) is 0 Å². The molecule has 0 unspecified atom stereocenters. The molecule has 0 radical (unpaired) electrons. The number of hydrogen-bond donors (Lipinski definition) is 1. The van der Waals surface area contributed by atoms with Crippen LogP contribution >= 0.6 is 22.6 Å². The summed E-state index contributed by atoms with van der Waals surface area (Å²) in [6.45, 7) is 0. The van der Waals surface area contributed by atoms with Crippen LogP contribution in [0, 0.1) is 9.52 Å². The van der Waals surface area contributed by atoms with E-state index in [1.54, 1.807) is 34.9 Å². The topological polar surface area (TPSA) is 55.0 Å². The molecular weight excluding hydrogens is 314 g/mol. The predicted octanol–water partition coefficient (Wildman–Crippen LogP) is 2.09. The highest BCUT2D eigenvalue weighted by Gasteiger charge is 2.20. The van der Waals surface area contributed by atoms with E-state index in [0.29, 0.717) is 11.0 Å². The van der Waals surface area contributed by atoms with Crippen molar-refractivity contribution < 1.29 is 13.9 Å². The molecule has 0 aliphatic rings. The number of fused-ring (bicyclic) bond motifs is 1. The first-order valence-corrected chi connectivity index (χ1v) is 5.13. The third-order valence-electron chi connectivity index (χ3n) is 1.99. The molecule has 0 saturated heterocycles. The number of methoxy groups -OCH3 is 1. The standard InChI is InChI=1S/C9H6FIN2O2/c1-15-9(14)5-4-2-3-12-8(4)13-7(11)6(5)10/h2-3H,1H3,(H,12,13). The van der Waals surface area contributed by atoms with E-state index in [-0.39, 0.29) is 9.26 Å². The Hall–Kier alpha value is -1.18. The predicted molar refractivity (Wildman–Crippen MR) is 60.1 cm³/mol. The van der Waals surface area contributed by atoms with Gasteiger partial charge in [-0.3, -0.25) is 0 Å². The number of aromatic nitrogens is 2. The molecule has 0 aliphatic heterocycles. The third kappa shape index (κ3) is 1.58. The molecule has 0 amide bonds. The highest BCUT2D eigenvalue weighted by Crippen LogP contribution is 2.23. The molecule has 0 fully saturated rings. The zero-order chi connectivity index (χ0) is 11.0. The Kier molecular flexibility index (Phi) is 2.59. The SMILES string of the molecule is COC(=O)c1c(F)c(I)nc2[nH]ccc12. The maximum Gasteiger partial charge on any atom is 0.341 e. The van der Waals surface area contributed by atoms with Crippen LogP contribution in [0.15, 0.2) is 12.3 Å². The van der Waals surface area contributed by atoms with Gasteiger partial charge in [0.1, 0.15) is 14.9 Å². The second-order valence-corrected chi connectivity index (χ2v) is 3.84. The van der Waals surface area contributed by atoms with Crippen molar-refractivity contribution in [3.8, 4) is 0 Å². The largest absolute Gasteiger partial charge is 0.465 e. The molecule has 6 heteroatoms. The van der Waals surface area contributed by atoms with Gasteiger partial charge >= 0.3 is 5.97 Å². The monoisotopic (exact) mass is 320 g/mol. The Morgan fingerprint density at radius 1 is 1.67 bits per heavy atom. The summed E-state index contributed by atoms with van der Waals surface area (Å²) in [7, 11) is 1.22. The number of rotatable bonds is 1. The van der Waals surface area contributed by atoms with Gasteiger partial charge in [-0.05, 0) is 28.7 Å². The van der Waals surface area contributed by atoms with E-state index < -0.39 is 11.8 Å². The van der Waals surface area contributed by atoms with Crippen LogP contribution in [0.25, 0.3) is 11.0 Å². The maximum atomic E-state index is 13.7. The van der Waals surface area contributed by atoms with Gasteiger partial charge in [0.15, 0.2) is 5.82 Å². The van der Waals surface area contributed by atoms with Crippen LogP contribution in [0.5, 0.6) is 0 Å². The number of nitrogens with zero attached hydrogens (tertiary/aromatic N) is 1. The molecular formula is C9H6FIN2O2. The summed E-state index contributed by atoms with van der Waals surface area (Å²) in [5, 5.41) is 0.430. The quantitative estimate of drug-likeness (QED) is 0.497. The zero-order valence-electron chi connectivity index (χ0n) is 7.67. The van der Waals surface area contributed by atoms with Gasteiger partial charge in [0.25, 0.3) is 0 Å². The van der Waals surface area contributed by atoms with Crippen LogP contribution in [0.2, 0.25) is 0 Å². The van der Waals surface area contributed by atoms with Crippen LogP contribution in [-0.4, -0.2) is 23.0 Å². The van der Waals surface area contributed by atoms with Crippen molar-refractivity contribution in [2.45, 2.75) is 0 Å². The molecule has 2 aromatic heterocycles. The summed E-state index contributed by atoms with van der Waals surface area (Å²) in [5.74, 6) is -1.34. The molecule has 0 aliphatic carbocycles. The van der Waals surface area contributed by atoms with Crippen molar-refractivity contribution in [2.24, 2.45) is 0 Å². The molecule has 2 aromatic rings. The van der Waals surface area contributed by atoms with Crippen molar-refractivity contribution >= 4 is 39.6 Å². The van der Waals surface area contributed by atoms with Gasteiger partial charge in [-0.1, -0.05) is 0 Å². The molecule has 0 aromatic carbocycles. The van der Waals surface area contributed by atoms with E-state index >= 15 is 0 Å². The molecule has 78 valence electrons. The van der Waals surface area contributed by atoms with Crippen LogP contribution in [-0.2, 0) is 4.74 Å². The lowest BCUT2D eigenvalue weighted by Gasteiger charge is -2.03. The molecule has 0 bridgehead atoms. The van der Waals surface area contributed by atoms with Crippen LogP contribution < -0.4 is 0 Å². The Morgan fingerprint density at radius 2 is 2.40 bits per heavy atom. The van der Waals surface area contributed by atoms with Gasteiger partial charge in [0, 0.05) is 11.6 Å². The van der Waals surface area contributed by atoms with Gasteiger partial charge in [-0.25, -0.2) is 14.2 Å². The Balaban J connectivity index is 2.83. The number of ether oxygens (including phenoxy) is 1. The van der Waals surface area contributed by atoms with Gasteiger partial charge < -0.3 is 9.72 Å². The maximum absolute atomic E-state index is 13.7. The number of carbonyl (C=O) groups excluding carboxylic acids is 1. The zero-order valence-corrected chi connectivity index (χ0v) is 9.83. The average Bonchev–Trinajstić information content (AvgIpc) is 2.66. The summed E-state index contributed by atoms with van der Waals surface area (Å²) in [4.78, 5) is 18.2. The first-order chi connectivity index (χ1) is 7.15. The van der Waals surface area contributed by atoms with E-state index in [9.17, 15) is 9.18 Å². The highest BCUT2D eigenvalue weighted by molar-refractivity contribution is 14.1. The van der Waals surface area contributed by atoms with Crippen LogP contribution in [0.4, 0.5) is 4.39 Å². The molecule has 15 heavy (non-hydrogen) atoms. The first kappa shape index (κ1) is 10.3. The number of nitrogens with one attached hydrogen (secondary N) is 1. The first-order valence-electron chi connectivity index (χ1n) is 4.05. The molecule has 0 spiro atoms. The molecule has 1 N–H and O–H groups in total. The lowest BCUT2D eigenvalue weighted by Crippen LogP contribution is -2.07. The number of esters is 1. The van der Waals surface area contributed by atoms with E-state index in [1.807, 2.05) is 0 Å². The Bertz CT molecular complexity index is 538. The summed E-state index contributed by atoms with van der Waals surface area (Å²) in [6, 6.07) is 1.59. The van der Waals surface area contributed by atoms with Gasteiger partial charge in [-0.2, -0.15) is 0 Å². The van der Waals surface area contributed by atoms with Gasteiger partial charge in [-0.15, -0.1) is 0 Å². The van der Waals surface area contributed by atoms with Crippen molar-refractivity contribution in [3.05, 3.63) is 27.3 Å². The lowest BCUT2D eigenvalue weighted by atomic mass is 10.2. The number of pyridine rings is 1. The van der Waals surface area contributed by atoms with E-state index in [1.165, 1.54) is 7.11 Å². The number of carbonyl (C=O) groups is 1. The fourth-order valence-corrected chi connectivity index (χ4v) is 1.84. The smallest absolute Gasteiger partial charge is 0.341 e. The van der Waals surface area contributed by atoms with Crippen LogP contribution in [0.1, 0.15) is 10.4 Å². The number of aromatic amines is 1. The summed E-state index contributed by atoms with van der Waals surface area (Å²) >= 11 is 1.73. The van der Waals surface area contributed by atoms with E-state index in [2.05, 4.69) is 14.7 Å². The highest BCUT2D eigenvalue weighted by atomic mass is 127. The molecule has 4 nitrogen and oxygen atoms in total. The van der Waals surface area contributed by atoms with Crippen molar-refractivity contribution in [3.63, 3.8) is 0 Å². The second-order valence-electron chi connectivity index (χ2n) is 2.82.